The van der Waals surface area contributed by atoms with Gasteiger partial charge >= 0.3 is 0 Å². The van der Waals surface area contributed by atoms with Crippen LogP contribution in [0.1, 0.15) is 25.3 Å². The van der Waals surface area contributed by atoms with Crippen molar-refractivity contribution in [2.45, 2.75) is 38.8 Å². The Kier molecular flexibility index (Phi) is 6.63. The van der Waals surface area contributed by atoms with Gasteiger partial charge in [0.25, 0.3) is 0 Å². The maximum Gasteiger partial charge on any atom is 0.241 e. The van der Waals surface area contributed by atoms with Crippen LogP contribution in [0.25, 0.3) is 20.8 Å². The number of amides is 2. The molecule has 8 heteroatoms. The Labute approximate surface area is 204 Å². The van der Waals surface area contributed by atoms with Crippen molar-refractivity contribution in [3.8, 4) is 10.6 Å². The van der Waals surface area contributed by atoms with E-state index in [0.717, 1.165) is 60.8 Å². The lowest BCUT2D eigenvalue weighted by Gasteiger charge is -2.37. The third-order valence-electron chi connectivity index (χ3n) is 6.59. The number of aryl methyl sites for hydroxylation is 1. The quantitative estimate of drug-likeness (QED) is 0.545. The van der Waals surface area contributed by atoms with Crippen molar-refractivity contribution in [3.63, 3.8) is 0 Å². The molecule has 1 aromatic heterocycles. The molecule has 178 valence electrons. The van der Waals surface area contributed by atoms with Gasteiger partial charge in [0.2, 0.25) is 11.8 Å². The fourth-order valence-electron chi connectivity index (χ4n) is 4.28. The number of hydrogen-bond acceptors (Lipinski definition) is 6. The molecule has 1 aliphatic carbocycles. The number of aromatic nitrogens is 1. The van der Waals surface area contributed by atoms with Gasteiger partial charge in [0.1, 0.15) is 5.01 Å². The Balaban J connectivity index is 1.13. The number of anilines is 1. The Morgan fingerprint density at radius 1 is 1.09 bits per heavy atom. The Morgan fingerprint density at radius 3 is 2.53 bits per heavy atom. The number of fused-ring (bicyclic) bond motifs is 1. The summed E-state index contributed by atoms with van der Waals surface area (Å²) in [6.45, 7) is 7.64. The Hall–Kier alpha value is -2.81. The molecule has 2 heterocycles. The lowest BCUT2D eigenvalue weighted by atomic mass is 10.2. The number of rotatable bonds is 7. The average Bonchev–Trinajstić information content (AvgIpc) is 3.54. The van der Waals surface area contributed by atoms with Gasteiger partial charge in [-0.25, -0.2) is 4.98 Å². The first-order chi connectivity index (χ1) is 16.4. The van der Waals surface area contributed by atoms with E-state index in [9.17, 15) is 9.59 Å². The van der Waals surface area contributed by atoms with Crippen LogP contribution in [0.3, 0.4) is 0 Å². The van der Waals surface area contributed by atoms with E-state index in [4.69, 9.17) is 4.98 Å². The maximum atomic E-state index is 12.9. The number of nitrogens with zero attached hydrogens (tertiary/aromatic N) is 3. The molecule has 34 heavy (non-hydrogen) atoms. The molecule has 3 aromatic rings. The minimum absolute atomic E-state index is 0.0110. The van der Waals surface area contributed by atoms with Crippen LogP contribution < -0.4 is 10.6 Å². The van der Waals surface area contributed by atoms with E-state index >= 15 is 0 Å². The average molecular weight is 478 g/mol. The number of carbonyl (C=O) groups excluding carboxylic acids is 2. The molecular formula is C26H31N5O2S. The van der Waals surface area contributed by atoms with E-state index in [1.807, 2.05) is 31.2 Å². The molecule has 1 aliphatic heterocycles. The molecule has 2 fully saturated rings. The first kappa shape index (κ1) is 23.0. The number of nitrogens with one attached hydrogen (secondary N) is 2. The summed E-state index contributed by atoms with van der Waals surface area (Å²) < 4.78 is 1.19. The second kappa shape index (κ2) is 9.82. The van der Waals surface area contributed by atoms with Crippen molar-refractivity contribution >= 4 is 39.1 Å². The summed E-state index contributed by atoms with van der Waals surface area (Å²) in [5.41, 5.74) is 4.08. The minimum atomic E-state index is -0.227. The van der Waals surface area contributed by atoms with Crippen LogP contribution in [0.15, 0.2) is 42.5 Å². The van der Waals surface area contributed by atoms with Crippen molar-refractivity contribution < 1.29 is 9.59 Å². The summed E-state index contributed by atoms with van der Waals surface area (Å²) in [4.78, 5) is 34.0. The summed E-state index contributed by atoms with van der Waals surface area (Å²) in [6, 6.07) is 14.4. The fourth-order valence-corrected chi connectivity index (χ4v) is 5.35. The molecule has 0 bridgehead atoms. The minimum Gasteiger partial charge on any atom is -0.352 e. The van der Waals surface area contributed by atoms with Gasteiger partial charge in [0.05, 0.1) is 22.8 Å². The lowest BCUT2D eigenvalue weighted by molar-refractivity contribution is -0.124. The molecule has 7 nitrogen and oxygen atoms in total. The maximum absolute atomic E-state index is 12.9. The zero-order valence-corrected chi connectivity index (χ0v) is 20.5. The van der Waals surface area contributed by atoms with E-state index in [2.05, 4.69) is 45.6 Å². The monoisotopic (exact) mass is 477 g/mol. The number of thiazole rings is 1. The van der Waals surface area contributed by atoms with Gasteiger partial charge < -0.3 is 10.6 Å². The van der Waals surface area contributed by atoms with Gasteiger partial charge in [-0.15, -0.1) is 11.3 Å². The molecule has 1 unspecified atom stereocenters. The van der Waals surface area contributed by atoms with Gasteiger partial charge in [0.15, 0.2) is 0 Å². The fraction of sp³-hybridized carbons (Fsp3) is 0.423. The van der Waals surface area contributed by atoms with Crippen molar-refractivity contribution in [1.82, 2.24) is 20.1 Å². The van der Waals surface area contributed by atoms with E-state index in [1.54, 1.807) is 11.3 Å². The van der Waals surface area contributed by atoms with E-state index in [1.165, 1.54) is 10.3 Å². The predicted octanol–water partition coefficient (Wildman–Crippen LogP) is 3.49. The van der Waals surface area contributed by atoms with Crippen LogP contribution in [0.2, 0.25) is 0 Å². The van der Waals surface area contributed by atoms with Crippen LogP contribution in [-0.2, 0) is 9.59 Å². The summed E-state index contributed by atoms with van der Waals surface area (Å²) in [7, 11) is 0. The molecular weight excluding hydrogens is 446 g/mol. The van der Waals surface area contributed by atoms with Crippen molar-refractivity contribution in [2.24, 2.45) is 0 Å². The standard InChI is InChI=1S/C26H31N5O2S/c1-17-3-10-22-23(15-17)34-26(29-22)19-4-6-21(7-5-19)28-25(33)18(2)31-13-11-30(12-14-31)16-24(32)27-20-8-9-20/h3-7,10,15,18,20H,8-9,11-14,16H2,1-2H3,(H,27,32)(H,28,33). The third-order valence-corrected chi connectivity index (χ3v) is 7.65. The van der Waals surface area contributed by atoms with Gasteiger partial charge in [-0.3, -0.25) is 19.4 Å². The third kappa shape index (κ3) is 5.46. The second-order valence-electron chi connectivity index (χ2n) is 9.39. The van der Waals surface area contributed by atoms with Crippen molar-refractivity contribution in [2.75, 3.05) is 38.0 Å². The highest BCUT2D eigenvalue weighted by Gasteiger charge is 2.28. The molecule has 2 N–H and O–H groups in total. The highest BCUT2D eigenvalue weighted by Crippen LogP contribution is 2.31. The molecule has 0 spiro atoms. The van der Waals surface area contributed by atoms with E-state index < -0.39 is 0 Å². The highest BCUT2D eigenvalue weighted by molar-refractivity contribution is 7.21. The van der Waals surface area contributed by atoms with Crippen LogP contribution in [0.4, 0.5) is 5.69 Å². The van der Waals surface area contributed by atoms with Gasteiger partial charge in [-0.2, -0.15) is 0 Å². The van der Waals surface area contributed by atoms with Gasteiger partial charge in [0, 0.05) is 43.5 Å². The Morgan fingerprint density at radius 2 is 1.82 bits per heavy atom. The smallest absolute Gasteiger partial charge is 0.241 e. The summed E-state index contributed by atoms with van der Waals surface area (Å²) >= 11 is 1.68. The number of benzene rings is 2. The van der Waals surface area contributed by atoms with Crippen LogP contribution in [0, 0.1) is 6.92 Å². The van der Waals surface area contributed by atoms with E-state index in [0.29, 0.717) is 12.6 Å². The van der Waals surface area contributed by atoms with Gasteiger partial charge in [-0.05, 0) is 68.7 Å². The Bertz CT molecular complexity index is 1180. The predicted molar refractivity (Wildman–Crippen MR) is 137 cm³/mol. The molecule has 0 radical (unpaired) electrons. The molecule has 2 aromatic carbocycles. The molecule has 2 amide bonds. The van der Waals surface area contributed by atoms with Crippen LogP contribution in [-0.4, -0.2) is 71.4 Å². The second-order valence-corrected chi connectivity index (χ2v) is 10.4. The highest BCUT2D eigenvalue weighted by atomic mass is 32.1. The summed E-state index contributed by atoms with van der Waals surface area (Å²) in [5, 5.41) is 7.07. The lowest BCUT2D eigenvalue weighted by Crippen LogP contribution is -2.54. The number of hydrogen-bond donors (Lipinski definition) is 2. The normalized spacial score (nSPS) is 18.1. The van der Waals surface area contributed by atoms with Crippen molar-refractivity contribution in [3.05, 3.63) is 48.0 Å². The molecule has 2 aliphatic rings. The molecule has 1 saturated heterocycles. The number of piperazine rings is 1. The zero-order chi connectivity index (χ0) is 23.7. The molecule has 5 rings (SSSR count). The molecule has 1 atom stereocenters. The SMILES string of the molecule is Cc1ccc2nc(-c3ccc(NC(=O)C(C)N4CCN(CC(=O)NC5CC5)CC4)cc3)sc2c1. The van der Waals surface area contributed by atoms with Gasteiger partial charge in [-0.1, -0.05) is 6.07 Å². The van der Waals surface area contributed by atoms with Crippen molar-refractivity contribution in [1.29, 1.82) is 0 Å². The van der Waals surface area contributed by atoms with Crippen LogP contribution in [0.5, 0.6) is 0 Å². The first-order valence-corrected chi connectivity index (χ1v) is 12.8. The summed E-state index contributed by atoms with van der Waals surface area (Å²) in [6.07, 6.45) is 2.22. The number of carbonyl (C=O) groups is 2. The zero-order valence-electron chi connectivity index (χ0n) is 19.7. The first-order valence-electron chi connectivity index (χ1n) is 12.0. The van der Waals surface area contributed by atoms with Crippen LogP contribution >= 0.6 is 11.3 Å². The largest absolute Gasteiger partial charge is 0.352 e. The summed E-state index contributed by atoms with van der Waals surface area (Å²) in [5.74, 6) is 0.106. The topological polar surface area (TPSA) is 77.6 Å². The molecule has 1 saturated carbocycles. The van der Waals surface area contributed by atoms with E-state index in [-0.39, 0.29) is 17.9 Å².